The molecule has 2 aromatic rings. The lowest BCUT2D eigenvalue weighted by molar-refractivity contribution is -0.123. The first kappa shape index (κ1) is 20.5. The summed E-state index contributed by atoms with van der Waals surface area (Å²) in [7, 11) is 0. The average molecular weight is 451 g/mol. The van der Waals surface area contributed by atoms with Gasteiger partial charge in [-0.15, -0.1) is 0 Å². The van der Waals surface area contributed by atoms with E-state index in [1.807, 2.05) is 12.2 Å². The fraction of sp³-hybridized carbons (Fsp3) is 0.250. The van der Waals surface area contributed by atoms with Gasteiger partial charge in [0.2, 0.25) is 11.8 Å². The topological polar surface area (TPSA) is 92.8 Å². The number of allylic oxidation sites excluding steroid dienone is 2. The molecule has 162 valence electrons. The van der Waals surface area contributed by atoms with Gasteiger partial charge in [0.1, 0.15) is 0 Å². The number of esters is 1. The van der Waals surface area contributed by atoms with Crippen LogP contribution in [0.3, 0.4) is 0 Å². The molecule has 3 amide bonds. The highest BCUT2D eigenvalue weighted by molar-refractivity contribution is 6.30. The van der Waals surface area contributed by atoms with Gasteiger partial charge in [-0.1, -0.05) is 29.8 Å². The van der Waals surface area contributed by atoms with E-state index in [9.17, 15) is 19.2 Å². The molecule has 2 bridgehead atoms. The van der Waals surface area contributed by atoms with E-state index in [0.717, 1.165) is 6.42 Å². The lowest BCUT2D eigenvalue weighted by Gasteiger charge is -2.17. The molecule has 0 aromatic heterocycles. The van der Waals surface area contributed by atoms with Gasteiger partial charge < -0.3 is 10.1 Å². The van der Waals surface area contributed by atoms with E-state index >= 15 is 0 Å². The number of anilines is 2. The monoisotopic (exact) mass is 450 g/mol. The summed E-state index contributed by atoms with van der Waals surface area (Å²) >= 11 is 5.87. The molecule has 1 saturated heterocycles. The van der Waals surface area contributed by atoms with Crippen molar-refractivity contribution in [2.75, 3.05) is 16.8 Å². The number of ether oxygens (including phenoxy) is 1. The third-order valence-electron chi connectivity index (χ3n) is 6.27. The lowest BCUT2D eigenvalue weighted by atomic mass is 9.85. The van der Waals surface area contributed by atoms with Crippen molar-refractivity contribution < 1.29 is 23.9 Å². The van der Waals surface area contributed by atoms with Crippen LogP contribution in [-0.4, -0.2) is 30.3 Å². The minimum atomic E-state index is -0.684. The molecule has 1 saturated carbocycles. The van der Waals surface area contributed by atoms with E-state index in [1.54, 1.807) is 36.4 Å². The van der Waals surface area contributed by atoms with Gasteiger partial charge >= 0.3 is 5.97 Å². The van der Waals surface area contributed by atoms with Crippen LogP contribution < -0.4 is 10.2 Å². The van der Waals surface area contributed by atoms with Crippen molar-refractivity contribution in [2.45, 2.75) is 6.42 Å². The summed E-state index contributed by atoms with van der Waals surface area (Å²) in [5.41, 5.74) is 1.14. The average Bonchev–Trinajstić information content (AvgIpc) is 3.46. The number of nitrogens with zero attached hydrogens (tertiary/aromatic N) is 1. The molecule has 8 heteroatoms. The third kappa shape index (κ3) is 3.48. The van der Waals surface area contributed by atoms with Crippen LogP contribution in [0.5, 0.6) is 0 Å². The largest absolute Gasteiger partial charge is 0.452 e. The molecular formula is C24H19ClN2O5. The van der Waals surface area contributed by atoms with Crippen molar-refractivity contribution in [3.8, 4) is 0 Å². The number of benzene rings is 2. The van der Waals surface area contributed by atoms with Crippen LogP contribution in [0.25, 0.3) is 0 Å². The minimum absolute atomic E-state index is 0.138. The number of rotatable bonds is 5. The molecule has 3 aliphatic rings. The van der Waals surface area contributed by atoms with Crippen molar-refractivity contribution >= 4 is 46.7 Å². The van der Waals surface area contributed by atoms with Gasteiger partial charge in [-0.25, -0.2) is 4.79 Å². The fourth-order valence-corrected chi connectivity index (χ4v) is 5.07. The summed E-state index contributed by atoms with van der Waals surface area (Å²) < 4.78 is 5.06. The molecule has 5 rings (SSSR count). The van der Waals surface area contributed by atoms with Crippen molar-refractivity contribution in [1.29, 1.82) is 0 Å². The van der Waals surface area contributed by atoms with Crippen molar-refractivity contribution in [3.05, 3.63) is 71.3 Å². The Bertz CT molecular complexity index is 1130. The SMILES string of the molecule is O=C(COC(=O)c1ccc(N2C(=O)[C@@H]3[C@@H](C2=O)[C@H]2C=C[C@H]3C2)cc1)Nc1cccc(Cl)c1. The molecule has 0 radical (unpaired) electrons. The zero-order valence-corrected chi connectivity index (χ0v) is 17.6. The number of hydrogen-bond acceptors (Lipinski definition) is 5. The number of carbonyl (C=O) groups excluding carboxylic acids is 4. The molecule has 2 aromatic carbocycles. The Kier molecular flexibility index (Phi) is 5.06. The molecule has 1 N–H and O–H groups in total. The molecule has 7 nitrogen and oxygen atoms in total. The molecule has 2 aliphatic carbocycles. The summed E-state index contributed by atoms with van der Waals surface area (Å²) in [6.45, 7) is -0.463. The van der Waals surface area contributed by atoms with E-state index in [4.69, 9.17) is 16.3 Å². The maximum Gasteiger partial charge on any atom is 0.338 e. The van der Waals surface area contributed by atoms with E-state index < -0.39 is 18.5 Å². The summed E-state index contributed by atoms with van der Waals surface area (Å²) in [6, 6.07) is 12.7. The van der Waals surface area contributed by atoms with Crippen LogP contribution in [0.2, 0.25) is 5.02 Å². The quantitative estimate of drug-likeness (QED) is 0.428. The van der Waals surface area contributed by atoms with Gasteiger partial charge in [0, 0.05) is 10.7 Å². The first-order valence-electron chi connectivity index (χ1n) is 10.3. The van der Waals surface area contributed by atoms with Crippen molar-refractivity contribution in [3.63, 3.8) is 0 Å². The number of halogens is 1. The highest BCUT2D eigenvalue weighted by atomic mass is 35.5. The van der Waals surface area contributed by atoms with Crippen LogP contribution in [-0.2, 0) is 19.1 Å². The third-order valence-corrected chi connectivity index (χ3v) is 6.51. The Morgan fingerprint density at radius 2 is 1.66 bits per heavy atom. The predicted molar refractivity (Wildman–Crippen MR) is 117 cm³/mol. The second-order valence-electron chi connectivity index (χ2n) is 8.19. The van der Waals surface area contributed by atoms with Gasteiger partial charge in [0.15, 0.2) is 6.61 Å². The van der Waals surface area contributed by atoms with Crippen LogP contribution in [0.15, 0.2) is 60.7 Å². The Morgan fingerprint density at radius 1 is 1.00 bits per heavy atom. The number of hydrogen-bond donors (Lipinski definition) is 1. The van der Waals surface area contributed by atoms with E-state index in [2.05, 4.69) is 5.32 Å². The maximum absolute atomic E-state index is 12.9. The van der Waals surface area contributed by atoms with E-state index in [0.29, 0.717) is 16.4 Å². The second-order valence-corrected chi connectivity index (χ2v) is 8.63. The zero-order valence-electron chi connectivity index (χ0n) is 16.9. The number of fused-ring (bicyclic) bond motifs is 5. The maximum atomic E-state index is 12.9. The van der Waals surface area contributed by atoms with Crippen LogP contribution in [0.4, 0.5) is 11.4 Å². The second kappa shape index (κ2) is 7.91. The van der Waals surface area contributed by atoms with E-state index in [-0.39, 0.29) is 41.0 Å². The molecule has 2 fully saturated rings. The highest BCUT2D eigenvalue weighted by Gasteiger charge is 2.59. The van der Waals surface area contributed by atoms with Gasteiger partial charge in [0.25, 0.3) is 5.91 Å². The molecular weight excluding hydrogens is 432 g/mol. The standard InChI is InChI=1S/C24H19ClN2O5/c25-16-2-1-3-17(11-16)26-19(28)12-32-24(31)13-6-8-18(9-7-13)27-22(29)20-14-4-5-15(10-14)21(20)23(27)30/h1-9,11,14-15,20-21H,10,12H2,(H,26,28)/t14-,15-,20-,21-/m0/s1. The molecule has 1 heterocycles. The van der Waals surface area contributed by atoms with E-state index in [1.165, 1.54) is 17.0 Å². The fourth-order valence-electron chi connectivity index (χ4n) is 4.88. The Morgan fingerprint density at radius 3 is 2.28 bits per heavy atom. The molecule has 0 unspecified atom stereocenters. The molecule has 0 spiro atoms. The van der Waals surface area contributed by atoms with Gasteiger partial charge in [0.05, 0.1) is 23.1 Å². The number of amides is 3. The predicted octanol–water partition coefficient (Wildman–Crippen LogP) is 3.45. The summed E-state index contributed by atoms with van der Waals surface area (Å²) in [6.07, 6.45) is 4.96. The Balaban J connectivity index is 1.20. The zero-order chi connectivity index (χ0) is 22.4. The highest BCUT2D eigenvalue weighted by Crippen LogP contribution is 2.53. The normalized spacial score (nSPS) is 25.2. The number of carbonyl (C=O) groups is 4. The van der Waals surface area contributed by atoms with Gasteiger partial charge in [-0.3, -0.25) is 19.3 Å². The van der Waals surface area contributed by atoms with Crippen LogP contribution in [0.1, 0.15) is 16.8 Å². The summed E-state index contributed by atoms with van der Waals surface area (Å²) in [5, 5.41) is 3.06. The van der Waals surface area contributed by atoms with Gasteiger partial charge in [-0.2, -0.15) is 0 Å². The molecule has 32 heavy (non-hydrogen) atoms. The summed E-state index contributed by atoms with van der Waals surface area (Å²) in [4.78, 5) is 51.3. The Labute approximate surface area is 189 Å². The van der Waals surface area contributed by atoms with Crippen molar-refractivity contribution in [2.24, 2.45) is 23.7 Å². The van der Waals surface area contributed by atoms with Crippen LogP contribution >= 0.6 is 11.6 Å². The first-order valence-corrected chi connectivity index (χ1v) is 10.7. The first-order chi connectivity index (χ1) is 15.4. The van der Waals surface area contributed by atoms with Crippen LogP contribution in [0, 0.1) is 23.7 Å². The molecule has 1 aliphatic heterocycles. The Hall–Kier alpha value is -3.45. The minimum Gasteiger partial charge on any atom is -0.452 e. The number of imide groups is 1. The lowest BCUT2D eigenvalue weighted by Crippen LogP contribution is -2.32. The smallest absolute Gasteiger partial charge is 0.338 e. The van der Waals surface area contributed by atoms with Crippen molar-refractivity contribution in [1.82, 2.24) is 0 Å². The summed E-state index contributed by atoms with van der Waals surface area (Å²) in [5.74, 6) is -1.82. The molecule has 4 atom stereocenters. The number of nitrogens with one attached hydrogen (secondary N) is 1. The van der Waals surface area contributed by atoms with Gasteiger partial charge in [-0.05, 0) is 60.7 Å².